The number of fused-ring (bicyclic) bond motifs is 1. The highest BCUT2D eigenvalue weighted by atomic mass is 35.5. The topological polar surface area (TPSA) is 73.9 Å². The molecule has 1 amide bonds. The number of nitrogens with one attached hydrogen (secondary N) is 1. The lowest BCUT2D eigenvalue weighted by atomic mass is 10.2. The van der Waals surface area contributed by atoms with Crippen LogP contribution in [-0.2, 0) is 14.3 Å². The van der Waals surface area contributed by atoms with Crippen LogP contribution in [0.2, 0.25) is 5.02 Å². The predicted octanol–water partition coefficient (Wildman–Crippen LogP) is 2.80. The molecule has 6 nitrogen and oxygen atoms in total. The van der Waals surface area contributed by atoms with Crippen molar-refractivity contribution in [3.8, 4) is 11.5 Å². The van der Waals surface area contributed by atoms with Gasteiger partial charge in [-0.1, -0.05) is 23.7 Å². The lowest BCUT2D eigenvalue weighted by Crippen LogP contribution is -2.39. The summed E-state index contributed by atoms with van der Waals surface area (Å²) in [4.78, 5) is 23.8. The van der Waals surface area contributed by atoms with Crippen LogP contribution in [0.4, 0.5) is 10.1 Å². The maximum Gasteiger partial charge on any atom is 0.351 e. The van der Waals surface area contributed by atoms with Gasteiger partial charge in [-0.05, 0) is 30.3 Å². The highest BCUT2D eigenvalue weighted by molar-refractivity contribution is 6.31. The molecule has 1 N–H and O–H groups in total. The number of rotatable bonds is 4. The molecule has 3 rings (SSSR count). The van der Waals surface area contributed by atoms with E-state index in [1.54, 1.807) is 24.3 Å². The Labute approximate surface area is 147 Å². The second-order valence-corrected chi connectivity index (χ2v) is 5.56. The molecule has 1 aliphatic heterocycles. The lowest BCUT2D eigenvalue weighted by Gasteiger charge is -2.24. The average molecular weight is 366 g/mol. The van der Waals surface area contributed by atoms with E-state index in [-0.39, 0.29) is 11.6 Å². The smallest absolute Gasteiger partial charge is 0.351 e. The summed E-state index contributed by atoms with van der Waals surface area (Å²) < 4.78 is 28.9. The summed E-state index contributed by atoms with van der Waals surface area (Å²) >= 11 is 5.63. The van der Waals surface area contributed by atoms with Gasteiger partial charge in [-0.2, -0.15) is 0 Å². The summed E-state index contributed by atoms with van der Waals surface area (Å²) in [6, 6.07) is 10.6. The third-order valence-corrected chi connectivity index (χ3v) is 3.61. The fourth-order valence-electron chi connectivity index (χ4n) is 2.14. The van der Waals surface area contributed by atoms with Gasteiger partial charge in [0.15, 0.2) is 18.1 Å². The van der Waals surface area contributed by atoms with Crippen molar-refractivity contribution in [3.63, 3.8) is 0 Å². The second-order valence-electron chi connectivity index (χ2n) is 5.15. The number of para-hydroxylation sites is 2. The van der Waals surface area contributed by atoms with Crippen LogP contribution in [0.5, 0.6) is 11.5 Å². The van der Waals surface area contributed by atoms with E-state index in [0.29, 0.717) is 17.2 Å². The molecule has 2 aromatic rings. The first-order valence-electron chi connectivity index (χ1n) is 7.33. The molecule has 0 unspecified atom stereocenters. The zero-order valence-corrected chi connectivity index (χ0v) is 13.6. The summed E-state index contributed by atoms with van der Waals surface area (Å²) in [5, 5.41) is 2.32. The van der Waals surface area contributed by atoms with Crippen molar-refractivity contribution in [2.75, 3.05) is 18.5 Å². The maximum atomic E-state index is 13.1. The van der Waals surface area contributed by atoms with E-state index in [1.165, 1.54) is 12.1 Å². The minimum Gasteiger partial charge on any atom is -0.485 e. The molecule has 0 fully saturated rings. The van der Waals surface area contributed by atoms with Gasteiger partial charge in [-0.15, -0.1) is 0 Å². The highest BCUT2D eigenvalue weighted by Crippen LogP contribution is 2.31. The van der Waals surface area contributed by atoms with Crippen molar-refractivity contribution in [2.24, 2.45) is 0 Å². The van der Waals surface area contributed by atoms with Crippen molar-refractivity contribution >= 4 is 29.2 Å². The first kappa shape index (κ1) is 17.0. The third-order valence-electron chi connectivity index (χ3n) is 3.32. The zero-order chi connectivity index (χ0) is 17.8. The number of anilines is 1. The second kappa shape index (κ2) is 7.40. The summed E-state index contributed by atoms with van der Waals surface area (Å²) in [6.07, 6.45) is -0.956. The summed E-state index contributed by atoms with van der Waals surface area (Å²) in [7, 11) is 0. The van der Waals surface area contributed by atoms with Crippen LogP contribution in [0.15, 0.2) is 42.5 Å². The number of benzene rings is 2. The van der Waals surface area contributed by atoms with Gasteiger partial charge in [-0.25, -0.2) is 9.18 Å². The number of carbonyl (C=O) groups is 2. The van der Waals surface area contributed by atoms with Crippen LogP contribution in [0.3, 0.4) is 0 Å². The van der Waals surface area contributed by atoms with Crippen LogP contribution >= 0.6 is 11.6 Å². The summed E-state index contributed by atoms with van der Waals surface area (Å²) in [5.41, 5.74) is 0.290. The van der Waals surface area contributed by atoms with Gasteiger partial charge in [0.1, 0.15) is 12.4 Å². The monoisotopic (exact) mass is 365 g/mol. The maximum absolute atomic E-state index is 13.1. The molecular formula is C17H13ClFNO5. The van der Waals surface area contributed by atoms with Crippen LogP contribution < -0.4 is 14.8 Å². The Morgan fingerprint density at radius 3 is 2.76 bits per heavy atom. The minimum absolute atomic E-state index is 0.00889. The number of hydrogen-bond acceptors (Lipinski definition) is 5. The predicted molar refractivity (Wildman–Crippen MR) is 87.4 cm³/mol. The zero-order valence-electron chi connectivity index (χ0n) is 12.8. The molecule has 0 spiro atoms. The Bertz CT molecular complexity index is 813. The fourth-order valence-corrected chi connectivity index (χ4v) is 2.32. The van der Waals surface area contributed by atoms with E-state index in [4.69, 9.17) is 25.8 Å². The molecule has 0 saturated heterocycles. The standard InChI is InChI=1S/C17H13ClFNO5/c18-11-7-10(5-6-12(11)19)20-16(21)9-24-17(22)15-8-23-13-3-1-2-4-14(13)25-15/h1-7,15H,8-9H2,(H,20,21)/t15-/m1/s1. The van der Waals surface area contributed by atoms with E-state index in [0.717, 1.165) is 6.07 Å². The Morgan fingerprint density at radius 1 is 1.24 bits per heavy atom. The van der Waals surface area contributed by atoms with Gasteiger partial charge in [0.2, 0.25) is 6.10 Å². The normalized spacial score (nSPS) is 15.4. The molecule has 0 aliphatic carbocycles. The van der Waals surface area contributed by atoms with Crippen LogP contribution in [0.25, 0.3) is 0 Å². The molecule has 130 valence electrons. The Balaban J connectivity index is 1.50. The Kier molecular flexibility index (Phi) is 5.04. The van der Waals surface area contributed by atoms with Crippen molar-refractivity contribution in [3.05, 3.63) is 53.3 Å². The number of carbonyl (C=O) groups excluding carboxylic acids is 2. The molecule has 1 aliphatic rings. The molecule has 8 heteroatoms. The number of amides is 1. The van der Waals surface area contributed by atoms with Crippen LogP contribution in [0, 0.1) is 5.82 Å². The third kappa shape index (κ3) is 4.19. The average Bonchev–Trinajstić information content (AvgIpc) is 2.62. The van der Waals surface area contributed by atoms with Crippen molar-refractivity contribution < 1.29 is 28.2 Å². The van der Waals surface area contributed by atoms with Crippen LogP contribution in [0.1, 0.15) is 0 Å². The number of halogens is 2. The molecule has 0 aromatic heterocycles. The molecular weight excluding hydrogens is 353 g/mol. The van der Waals surface area contributed by atoms with Crippen molar-refractivity contribution in [2.45, 2.75) is 6.10 Å². The minimum atomic E-state index is -0.956. The van der Waals surface area contributed by atoms with Crippen LogP contribution in [-0.4, -0.2) is 31.2 Å². The molecule has 1 heterocycles. The lowest BCUT2D eigenvalue weighted by molar-refractivity contribution is -0.156. The van der Waals surface area contributed by atoms with Gasteiger partial charge in [0.05, 0.1) is 5.02 Å². The van der Waals surface area contributed by atoms with Gasteiger partial charge < -0.3 is 19.5 Å². The first-order chi connectivity index (χ1) is 12.0. The first-order valence-corrected chi connectivity index (χ1v) is 7.71. The largest absolute Gasteiger partial charge is 0.485 e. The van der Waals surface area contributed by atoms with E-state index >= 15 is 0 Å². The molecule has 0 saturated carbocycles. The summed E-state index contributed by atoms with van der Waals surface area (Å²) in [6.45, 7) is -0.527. The number of esters is 1. The van der Waals surface area contributed by atoms with E-state index < -0.39 is 30.4 Å². The van der Waals surface area contributed by atoms with E-state index in [1.807, 2.05) is 0 Å². The summed E-state index contributed by atoms with van der Waals surface area (Å²) in [5.74, 6) is -0.936. The molecule has 0 radical (unpaired) electrons. The Morgan fingerprint density at radius 2 is 2.00 bits per heavy atom. The number of hydrogen-bond donors (Lipinski definition) is 1. The SMILES string of the molecule is O=C(COC(=O)[C@H]1COc2ccccc2O1)Nc1ccc(F)c(Cl)c1. The van der Waals surface area contributed by atoms with Crippen molar-refractivity contribution in [1.29, 1.82) is 0 Å². The van der Waals surface area contributed by atoms with E-state index in [2.05, 4.69) is 5.32 Å². The Hall–Kier alpha value is -2.80. The molecule has 2 aromatic carbocycles. The van der Waals surface area contributed by atoms with Gasteiger partial charge in [0, 0.05) is 5.69 Å². The molecule has 25 heavy (non-hydrogen) atoms. The highest BCUT2D eigenvalue weighted by Gasteiger charge is 2.29. The van der Waals surface area contributed by atoms with Crippen molar-refractivity contribution in [1.82, 2.24) is 0 Å². The van der Waals surface area contributed by atoms with Gasteiger partial charge in [-0.3, -0.25) is 4.79 Å². The number of ether oxygens (including phenoxy) is 3. The van der Waals surface area contributed by atoms with Gasteiger partial charge in [0.25, 0.3) is 5.91 Å². The molecule has 1 atom stereocenters. The molecule has 0 bridgehead atoms. The van der Waals surface area contributed by atoms with Gasteiger partial charge >= 0.3 is 5.97 Å². The fraction of sp³-hybridized carbons (Fsp3) is 0.176. The van der Waals surface area contributed by atoms with E-state index in [9.17, 15) is 14.0 Å². The quantitative estimate of drug-likeness (QED) is 0.843.